The predicted octanol–water partition coefficient (Wildman–Crippen LogP) is 4.80. The molecule has 2 aliphatic rings. The average Bonchev–Trinajstić information content (AvgIpc) is 3.11. The maximum absolute atomic E-state index is 5.93. The zero-order valence-corrected chi connectivity index (χ0v) is 22.7. The normalized spacial score (nSPS) is 17.9. The molecule has 1 aliphatic heterocycles. The van der Waals surface area contributed by atoms with Gasteiger partial charge < -0.3 is 10.6 Å². The van der Waals surface area contributed by atoms with Gasteiger partial charge in [0, 0.05) is 55.9 Å². The van der Waals surface area contributed by atoms with Crippen molar-refractivity contribution in [3.63, 3.8) is 0 Å². The lowest BCUT2D eigenvalue weighted by atomic mass is 9.96. The Balaban J connectivity index is 0.00000240. The Morgan fingerprint density at radius 2 is 1.72 bits per heavy atom. The highest BCUT2D eigenvalue weighted by molar-refractivity contribution is 7.15. The van der Waals surface area contributed by atoms with Gasteiger partial charge in [0.2, 0.25) is 0 Å². The van der Waals surface area contributed by atoms with Crippen molar-refractivity contribution < 1.29 is 0 Å². The Hall–Kier alpha value is -0.470. The molecule has 0 amide bonds. The number of halogens is 4. The molecule has 1 aromatic heterocycles. The molecule has 1 aromatic carbocycles. The standard InChI is InChI=1S/C22H33N5S.4ClH/c1-2-10-26(19-8-9-20-21(17-19)28-22(23)24-20)14-11-25-12-15-27(16-13-25)18-6-4-3-5-7-18;;;;/h3-7,19H,2,8-17H2,1H3,(H2,23,24);4*1H/t19-;;;;/m1..../s1. The van der Waals surface area contributed by atoms with E-state index in [1.54, 1.807) is 11.3 Å². The first kappa shape index (κ1) is 31.5. The number of thiazole rings is 1. The van der Waals surface area contributed by atoms with E-state index in [0.29, 0.717) is 6.04 Å². The number of nitrogen functional groups attached to an aromatic ring is 1. The number of para-hydroxylation sites is 1. The second kappa shape index (κ2) is 15.4. The van der Waals surface area contributed by atoms with Gasteiger partial charge in [-0.05, 0) is 44.4 Å². The fourth-order valence-corrected chi connectivity index (χ4v) is 5.54. The molecule has 2 N–H and O–H groups in total. The lowest BCUT2D eigenvalue weighted by Crippen LogP contribution is -2.50. The third-order valence-corrected chi connectivity index (χ3v) is 7.10. The fraction of sp³-hybridized carbons (Fsp3) is 0.591. The van der Waals surface area contributed by atoms with E-state index in [1.807, 2.05) is 0 Å². The zero-order chi connectivity index (χ0) is 19.3. The molecule has 2 heterocycles. The molecule has 1 fully saturated rings. The first-order valence-corrected chi connectivity index (χ1v) is 11.5. The van der Waals surface area contributed by atoms with Crippen LogP contribution in [0.15, 0.2) is 30.3 Å². The Morgan fingerprint density at radius 1 is 1.03 bits per heavy atom. The smallest absolute Gasteiger partial charge is 0.180 e. The van der Waals surface area contributed by atoms with Gasteiger partial charge in [-0.3, -0.25) is 9.80 Å². The van der Waals surface area contributed by atoms with Crippen molar-refractivity contribution in [1.29, 1.82) is 0 Å². The first-order chi connectivity index (χ1) is 13.7. The SMILES string of the molecule is CCCN(CCN1CCN(c2ccccc2)CC1)[C@@H]1CCc2nc(N)sc2C1.Cl.Cl.Cl.Cl. The second-order valence-electron chi connectivity index (χ2n) is 8.02. The van der Waals surface area contributed by atoms with E-state index < -0.39 is 0 Å². The van der Waals surface area contributed by atoms with Gasteiger partial charge in [-0.15, -0.1) is 61.0 Å². The lowest BCUT2D eigenvalue weighted by Gasteiger charge is -2.39. The number of hydrogen-bond donors (Lipinski definition) is 1. The number of rotatable bonds is 7. The molecule has 4 rings (SSSR count). The maximum atomic E-state index is 5.93. The summed E-state index contributed by atoms with van der Waals surface area (Å²) >= 11 is 1.70. The minimum Gasteiger partial charge on any atom is -0.375 e. The van der Waals surface area contributed by atoms with Crippen LogP contribution in [0.2, 0.25) is 0 Å². The Labute approximate surface area is 221 Å². The van der Waals surface area contributed by atoms with Crippen LogP contribution in [0.1, 0.15) is 30.3 Å². The van der Waals surface area contributed by atoms with Crippen LogP contribution in [0.4, 0.5) is 10.8 Å². The van der Waals surface area contributed by atoms with Crippen molar-refractivity contribution in [3.8, 4) is 0 Å². The lowest BCUT2D eigenvalue weighted by molar-refractivity contribution is 0.146. The minimum absolute atomic E-state index is 0. The van der Waals surface area contributed by atoms with Crippen LogP contribution in [0.3, 0.4) is 0 Å². The number of piperazine rings is 1. The molecule has 0 spiro atoms. The van der Waals surface area contributed by atoms with Crippen LogP contribution in [0.25, 0.3) is 0 Å². The Morgan fingerprint density at radius 3 is 2.38 bits per heavy atom. The number of fused-ring (bicyclic) bond motifs is 1. The molecule has 1 aliphatic carbocycles. The topological polar surface area (TPSA) is 48.6 Å². The van der Waals surface area contributed by atoms with E-state index >= 15 is 0 Å². The van der Waals surface area contributed by atoms with Gasteiger partial charge in [-0.25, -0.2) is 4.98 Å². The summed E-state index contributed by atoms with van der Waals surface area (Å²) in [4.78, 5) is 13.8. The van der Waals surface area contributed by atoms with Gasteiger partial charge in [-0.2, -0.15) is 0 Å². The summed E-state index contributed by atoms with van der Waals surface area (Å²) in [6.45, 7) is 10.4. The summed E-state index contributed by atoms with van der Waals surface area (Å²) in [5, 5.41) is 0.740. The Kier molecular flexibility index (Phi) is 15.2. The van der Waals surface area contributed by atoms with Crippen LogP contribution >= 0.6 is 61.0 Å². The zero-order valence-electron chi connectivity index (χ0n) is 18.6. The van der Waals surface area contributed by atoms with E-state index in [0.717, 1.165) is 44.2 Å². The summed E-state index contributed by atoms with van der Waals surface area (Å²) in [7, 11) is 0. The molecule has 0 bridgehead atoms. The average molecular weight is 545 g/mol. The quantitative estimate of drug-likeness (QED) is 0.542. The van der Waals surface area contributed by atoms with Crippen molar-refractivity contribution in [2.75, 3.05) is 56.4 Å². The molecular weight excluding hydrogens is 508 g/mol. The van der Waals surface area contributed by atoms with Crippen molar-refractivity contribution in [3.05, 3.63) is 40.9 Å². The first-order valence-electron chi connectivity index (χ1n) is 10.7. The molecule has 1 saturated heterocycles. The summed E-state index contributed by atoms with van der Waals surface area (Å²) in [6, 6.07) is 11.5. The highest BCUT2D eigenvalue weighted by Crippen LogP contribution is 2.30. The van der Waals surface area contributed by atoms with Gasteiger partial charge in [-0.1, -0.05) is 25.1 Å². The molecule has 0 saturated carbocycles. The molecule has 0 unspecified atom stereocenters. The second-order valence-corrected chi connectivity index (χ2v) is 9.13. The van der Waals surface area contributed by atoms with Crippen LogP contribution < -0.4 is 10.6 Å². The summed E-state index contributed by atoms with van der Waals surface area (Å²) in [5.74, 6) is 0. The van der Waals surface area contributed by atoms with Crippen LogP contribution in [-0.4, -0.2) is 66.6 Å². The number of nitrogens with zero attached hydrogens (tertiary/aromatic N) is 4. The number of hydrogen-bond acceptors (Lipinski definition) is 6. The Bertz CT molecular complexity index is 756. The monoisotopic (exact) mass is 543 g/mol. The van der Waals surface area contributed by atoms with E-state index in [-0.39, 0.29) is 49.6 Å². The highest BCUT2D eigenvalue weighted by Gasteiger charge is 2.27. The van der Waals surface area contributed by atoms with Crippen molar-refractivity contribution in [1.82, 2.24) is 14.8 Å². The molecular formula is C22H37Cl4N5S. The molecule has 32 heavy (non-hydrogen) atoms. The van der Waals surface area contributed by atoms with Crippen molar-refractivity contribution in [2.45, 2.75) is 38.6 Å². The fourth-order valence-electron chi connectivity index (χ4n) is 4.59. The summed E-state index contributed by atoms with van der Waals surface area (Å²) < 4.78 is 0. The summed E-state index contributed by atoms with van der Waals surface area (Å²) in [5.41, 5.74) is 8.55. The van der Waals surface area contributed by atoms with Crippen LogP contribution in [-0.2, 0) is 12.8 Å². The molecule has 2 aromatic rings. The number of benzene rings is 1. The van der Waals surface area contributed by atoms with E-state index in [2.05, 4.69) is 56.9 Å². The molecule has 5 nitrogen and oxygen atoms in total. The predicted molar refractivity (Wildman–Crippen MR) is 148 cm³/mol. The number of aryl methyl sites for hydroxylation is 1. The molecule has 1 atom stereocenters. The maximum Gasteiger partial charge on any atom is 0.180 e. The van der Waals surface area contributed by atoms with Crippen LogP contribution in [0, 0.1) is 0 Å². The van der Waals surface area contributed by atoms with Crippen molar-refractivity contribution >= 4 is 71.8 Å². The van der Waals surface area contributed by atoms with Crippen molar-refractivity contribution in [2.24, 2.45) is 0 Å². The van der Waals surface area contributed by atoms with E-state index in [9.17, 15) is 0 Å². The largest absolute Gasteiger partial charge is 0.375 e. The number of anilines is 2. The van der Waals surface area contributed by atoms with Gasteiger partial charge in [0.05, 0.1) is 5.69 Å². The van der Waals surface area contributed by atoms with Crippen LogP contribution in [0.5, 0.6) is 0 Å². The third-order valence-electron chi connectivity index (χ3n) is 6.15. The number of aromatic nitrogens is 1. The highest BCUT2D eigenvalue weighted by atomic mass is 35.5. The minimum atomic E-state index is 0. The van der Waals surface area contributed by atoms with Gasteiger partial charge in [0.1, 0.15) is 0 Å². The van der Waals surface area contributed by atoms with Gasteiger partial charge >= 0.3 is 0 Å². The third kappa shape index (κ3) is 8.08. The molecule has 0 radical (unpaired) electrons. The van der Waals surface area contributed by atoms with E-state index in [1.165, 1.54) is 48.7 Å². The molecule has 184 valence electrons. The number of nitrogens with two attached hydrogens (primary N) is 1. The van der Waals surface area contributed by atoms with E-state index in [4.69, 9.17) is 5.73 Å². The molecule has 10 heteroatoms. The summed E-state index contributed by atoms with van der Waals surface area (Å²) in [6.07, 6.45) is 4.66. The van der Waals surface area contributed by atoms with Gasteiger partial charge in [0.25, 0.3) is 0 Å². The van der Waals surface area contributed by atoms with Gasteiger partial charge in [0.15, 0.2) is 5.13 Å².